The molecule has 35 heavy (non-hydrogen) atoms. The highest BCUT2D eigenvalue weighted by Gasteiger charge is 2.20. The molecular weight excluding hydrogens is 438 g/mol. The Hall–Kier alpha value is -3.52. The average molecular weight is 474 g/mol. The van der Waals surface area contributed by atoms with E-state index < -0.39 is 0 Å². The van der Waals surface area contributed by atoms with Crippen molar-refractivity contribution < 1.29 is 4.79 Å². The number of rotatable bonds is 6. The van der Waals surface area contributed by atoms with E-state index in [2.05, 4.69) is 63.8 Å². The number of nitrogens with two attached hydrogens (primary N) is 1. The van der Waals surface area contributed by atoms with Crippen LogP contribution in [0.3, 0.4) is 0 Å². The van der Waals surface area contributed by atoms with Crippen LogP contribution in [0.5, 0.6) is 0 Å². The van der Waals surface area contributed by atoms with Gasteiger partial charge in [0.1, 0.15) is 11.4 Å². The van der Waals surface area contributed by atoms with Gasteiger partial charge >= 0.3 is 0 Å². The van der Waals surface area contributed by atoms with E-state index in [1.807, 2.05) is 32.0 Å². The number of nitrogens with one attached hydrogen (secondary N) is 3. The van der Waals surface area contributed by atoms with Crippen LogP contribution in [0, 0.1) is 0 Å². The van der Waals surface area contributed by atoms with Crippen LogP contribution in [0.1, 0.15) is 68.2 Å². The van der Waals surface area contributed by atoms with Crippen LogP contribution in [0.4, 0.5) is 23.1 Å². The highest BCUT2D eigenvalue weighted by Crippen LogP contribution is 2.28. The summed E-state index contributed by atoms with van der Waals surface area (Å²) in [5.74, 6) is 0.590. The lowest BCUT2D eigenvalue weighted by molar-refractivity contribution is 0.0943. The minimum Gasteiger partial charge on any atom is -0.350 e. The maximum Gasteiger partial charge on any atom is 0.256 e. The third-order valence-corrected chi connectivity index (χ3v) is 5.97. The molecule has 184 valence electrons. The number of fused-ring (bicyclic) bond motifs is 1. The Morgan fingerprint density at radius 1 is 1.06 bits per heavy atom. The second-order valence-electron chi connectivity index (χ2n) is 10.5. The number of aryl methyl sites for hydroxylation is 1. The van der Waals surface area contributed by atoms with E-state index in [1.54, 1.807) is 12.4 Å². The van der Waals surface area contributed by atoms with Gasteiger partial charge in [-0.2, -0.15) is 4.98 Å². The lowest BCUT2D eigenvalue weighted by atomic mass is 9.88. The maximum absolute atomic E-state index is 12.9. The number of pyridine rings is 1. The number of anilines is 4. The Balaban J connectivity index is 1.65. The van der Waals surface area contributed by atoms with Crippen molar-refractivity contribution in [2.75, 3.05) is 10.6 Å². The second kappa shape index (κ2) is 10.00. The molecule has 1 aliphatic carbocycles. The first-order valence-electron chi connectivity index (χ1n) is 12.1. The molecular formula is C27H35N7O. The number of benzene rings is 1. The largest absolute Gasteiger partial charge is 0.350 e. The molecule has 1 unspecified atom stereocenters. The Kier molecular flexibility index (Phi) is 7.03. The summed E-state index contributed by atoms with van der Waals surface area (Å²) >= 11 is 0. The molecule has 2 aromatic heterocycles. The molecule has 3 aromatic rings. The number of aromatic nitrogens is 3. The second-order valence-corrected chi connectivity index (χ2v) is 10.5. The van der Waals surface area contributed by atoms with Gasteiger partial charge in [-0.15, -0.1) is 0 Å². The smallest absolute Gasteiger partial charge is 0.256 e. The summed E-state index contributed by atoms with van der Waals surface area (Å²) in [7, 11) is 0. The standard InChI is InChI=1S/C27H35N7O/c1-16(2)31-25(35)22-15-30-26(33-20-9-7-17-6-8-19(28)12-18(17)13-20)34-24(22)32-21-10-11-29-23(14-21)27(3,4)5/h7,9-11,13-16,19H,6,8,12,28H2,1-5H3,(H,31,35)(H2,29,30,32,33,34). The van der Waals surface area contributed by atoms with Gasteiger partial charge in [-0.25, -0.2) is 4.98 Å². The van der Waals surface area contributed by atoms with E-state index in [0.29, 0.717) is 17.3 Å². The van der Waals surface area contributed by atoms with Crippen molar-refractivity contribution in [1.82, 2.24) is 20.3 Å². The highest BCUT2D eigenvalue weighted by atomic mass is 16.1. The first-order chi connectivity index (χ1) is 16.6. The lowest BCUT2D eigenvalue weighted by Crippen LogP contribution is -2.31. The van der Waals surface area contributed by atoms with Gasteiger partial charge in [0, 0.05) is 47.0 Å². The summed E-state index contributed by atoms with van der Waals surface area (Å²) in [6.45, 7) is 10.2. The Morgan fingerprint density at radius 3 is 2.57 bits per heavy atom. The fourth-order valence-corrected chi connectivity index (χ4v) is 4.09. The van der Waals surface area contributed by atoms with E-state index in [0.717, 1.165) is 36.3 Å². The third kappa shape index (κ3) is 6.14. The van der Waals surface area contributed by atoms with E-state index in [-0.39, 0.29) is 23.4 Å². The van der Waals surface area contributed by atoms with Crippen molar-refractivity contribution in [3.05, 3.63) is 65.1 Å². The molecule has 0 saturated heterocycles. The van der Waals surface area contributed by atoms with Crippen molar-refractivity contribution >= 4 is 29.0 Å². The molecule has 0 fully saturated rings. The molecule has 0 spiro atoms. The topological polar surface area (TPSA) is 118 Å². The monoisotopic (exact) mass is 473 g/mol. The average Bonchev–Trinajstić information content (AvgIpc) is 2.78. The minimum atomic E-state index is -0.234. The third-order valence-electron chi connectivity index (χ3n) is 5.97. The van der Waals surface area contributed by atoms with Crippen LogP contribution in [-0.2, 0) is 18.3 Å². The van der Waals surface area contributed by atoms with Crippen LogP contribution in [0.15, 0.2) is 42.7 Å². The molecule has 8 heteroatoms. The van der Waals surface area contributed by atoms with Gasteiger partial charge in [0.15, 0.2) is 0 Å². The van der Waals surface area contributed by atoms with Crippen LogP contribution in [0.25, 0.3) is 0 Å². The van der Waals surface area contributed by atoms with Gasteiger partial charge in [0.05, 0.1) is 0 Å². The van der Waals surface area contributed by atoms with E-state index in [9.17, 15) is 4.79 Å². The maximum atomic E-state index is 12.9. The van der Waals surface area contributed by atoms with E-state index in [4.69, 9.17) is 5.73 Å². The Bertz CT molecular complexity index is 1220. The molecule has 0 bridgehead atoms. The quantitative estimate of drug-likeness (QED) is 0.413. The zero-order valence-corrected chi connectivity index (χ0v) is 21.1. The molecule has 4 rings (SSSR count). The van der Waals surface area contributed by atoms with Crippen molar-refractivity contribution in [2.24, 2.45) is 5.73 Å². The van der Waals surface area contributed by atoms with Gasteiger partial charge in [-0.3, -0.25) is 9.78 Å². The molecule has 1 aliphatic rings. The number of carbonyl (C=O) groups excluding carboxylic acids is 1. The molecule has 0 aliphatic heterocycles. The molecule has 1 amide bonds. The van der Waals surface area contributed by atoms with Crippen molar-refractivity contribution in [1.29, 1.82) is 0 Å². The van der Waals surface area contributed by atoms with Crippen LogP contribution in [0.2, 0.25) is 0 Å². The number of hydrogen-bond acceptors (Lipinski definition) is 7. The summed E-state index contributed by atoms with van der Waals surface area (Å²) in [6.07, 6.45) is 6.20. The first kappa shape index (κ1) is 24.6. The zero-order chi connectivity index (χ0) is 25.2. The first-order valence-corrected chi connectivity index (χ1v) is 12.1. The number of nitrogens with zero attached hydrogens (tertiary/aromatic N) is 3. The lowest BCUT2D eigenvalue weighted by Gasteiger charge is -2.22. The van der Waals surface area contributed by atoms with Crippen molar-refractivity contribution in [3.8, 4) is 0 Å². The molecule has 1 atom stereocenters. The molecule has 0 radical (unpaired) electrons. The highest BCUT2D eigenvalue weighted by molar-refractivity contribution is 5.99. The van der Waals surface area contributed by atoms with Crippen LogP contribution in [-0.4, -0.2) is 32.9 Å². The fourth-order valence-electron chi connectivity index (χ4n) is 4.09. The minimum absolute atomic E-state index is 0.0107. The molecule has 8 nitrogen and oxygen atoms in total. The van der Waals surface area contributed by atoms with Gasteiger partial charge in [-0.05, 0) is 68.5 Å². The SMILES string of the molecule is CC(C)NC(=O)c1cnc(Nc2ccc3c(c2)CC(N)CC3)nc1Nc1ccnc(C(C)(C)C)c1. The summed E-state index contributed by atoms with van der Waals surface area (Å²) in [5.41, 5.74) is 11.7. The fraction of sp³-hybridized carbons (Fsp3) is 0.407. The molecule has 0 saturated carbocycles. The van der Waals surface area contributed by atoms with Crippen molar-refractivity contribution in [2.45, 2.75) is 71.4 Å². The van der Waals surface area contributed by atoms with E-state index in [1.165, 1.54) is 11.1 Å². The predicted octanol–water partition coefficient (Wildman–Crippen LogP) is 4.61. The van der Waals surface area contributed by atoms with Crippen LogP contribution >= 0.6 is 0 Å². The van der Waals surface area contributed by atoms with Crippen LogP contribution < -0.4 is 21.7 Å². The van der Waals surface area contributed by atoms with E-state index >= 15 is 0 Å². The summed E-state index contributed by atoms with van der Waals surface area (Å²) in [4.78, 5) is 26.5. The Labute approximate surface area is 207 Å². The molecule has 2 heterocycles. The van der Waals surface area contributed by atoms with Gasteiger partial charge < -0.3 is 21.7 Å². The number of hydrogen-bond donors (Lipinski definition) is 4. The van der Waals surface area contributed by atoms with Gasteiger partial charge in [0.25, 0.3) is 5.91 Å². The predicted molar refractivity (Wildman–Crippen MR) is 141 cm³/mol. The summed E-state index contributed by atoms with van der Waals surface area (Å²) in [5, 5.41) is 9.53. The zero-order valence-electron chi connectivity index (χ0n) is 21.1. The summed E-state index contributed by atoms with van der Waals surface area (Å²) < 4.78 is 0. The molecule has 5 N–H and O–H groups in total. The van der Waals surface area contributed by atoms with Gasteiger partial charge in [-0.1, -0.05) is 26.8 Å². The Morgan fingerprint density at radius 2 is 1.83 bits per heavy atom. The summed E-state index contributed by atoms with van der Waals surface area (Å²) in [6, 6.07) is 10.3. The number of carbonyl (C=O) groups is 1. The molecule has 1 aromatic carbocycles. The normalized spacial score (nSPS) is 15.5. The number of amides is 1. The van der Waals surface area contributed by atoms with Crippen molar-refractivity contribution in [3.63, 3.8) is 0 Å². The van der Waals surface area contributed by atoms with Gasteiger partial charge in [0.2, 0.25) is 5.95 Å².